The third-order valence-corrected chi connectivity index (χ3v) is 6.38. The first-order valence-electron chi connectivity index (χ1n) is 9.05. The van der Waals surface area contributed by atoms with Gasteiger partial charge in [0.1, 0.15) is 11.5 Å². The maximum absolute atomic E-state index is 14.9. The predicted octanol–water partition coefficient (Wildman–Crippen LogP) is 3.15. The van der Waals surface area contributed by atoms with E-state index in [0.717, 1.165) is 12.2 Å². The van der Waals surface area contributed by atoms with Crippen molar-refractivity contribution in [3.8, 4) is 0 Å². The maximum Gasteiger partial charge on any atom is 0.274 e. The van der Waals surface area contributed by atoms with E-state index in [1.54, 1.807) is 43.6 Å². The summed E-state index contributed by atoms with van der Waals surface area (Å²) in [6.07, 6.45) is 2.90. The van der Waals surface area contributed by atoms with Crippen LogP contribution in [0, 0.1) is 11.7 Å². The molecular weight excluding hydrogens is 379 g/mol. The SMILES string of the molecule is COC1CC2CSC(N)=NC2(c2cc(NC(=O)c3ccccn3)ccc2F)C1. The molecule has 146 valence electrons. The lowest BCUT2D eigenvalue weighted by atomic mass is 9.81. The molecule has 1 fully saturated rings. The monoisotopic (exact) mass is 400 g/mol. The molecule has 0 spiro atoms. The van der Waals surface area contributed by atoms with Gasteiger partial charge >= 0.3 is 0 Å². The fraction of sp³-hybridized carbons (Fsp3) is 0.350. The Kier molecular flexibility index (Phi) is 5.07. The summed E-state index contributed by atoms with van der Waals surface area (Å²) in [5, 5.41) is 3.25. The number of methoxy groups -OCH3 is 1. The Bertz CT molecular complexity index is 924. The largest absolute Gasteiger partial charge is 0.381 e. The Hall–Kier alpha value is -2.45. The molecule has 3 atom stereocenters. The number of halogens is 1. The average molecular weight is 400 g/mol. The number of ether oxygens (including phenoxy) is 1. The molecule has 1 aliphatic heterocycles. The normalized spacial score (nSPS) is 26.4. The summed E-state index contributed by atoms with van der Waals surface area (Å²) in [6.45, 7) is 0. The molecule has 0 saturated heterocycles. The molecule has 1 amide bonds. The molecule has 4 rings (SSSR count). The molecule has 2 aromatic rings. The Balaban J connectivity index is 1.70. The van der Waals surface area contributed by atoms with Crippen molar-refractivity contribution in [2.75, 3.05) is 18.2 Å². The molecular formula is C20H21FN4O2S. The van der Waals surface area contributed by atoms with Gasteiger partial charge in [0.05, 0.1) is 11.6 Å². The van der Waals surface area contributed by atoms with Crippen molar-refractivity contribution < 1.29 is 13.9 Å². The van der Waals surface area contributed by atoms with Crippen LogP contribution in [0.1, 0.15) is 28.9 Å². The molecule has 1 aliphatic carbocycles. The zero-order valence-electron chi connectivity index (χ0n) is 15.4. The van der Waals surface area contributed by atoms with Crippen LogP contribution in [-0.2, 0) is 10.3 Å². The van der Waals surface area contributed by atoms with Crippen molar-refractivity contribution in [2.45, 2.75) is 24.5 Å². The third kappa shape index (κ3) is 3.38. The van der Waals surface area contributed by atoms with Crippen molar-refractivity contribution in [1.29, 1.82) is 0 Å². The number of fused-ring (bicyclic) bond motifs is 1. The van der Waals surface area contributed by atoms with Gasteiger partial charge in [0.15, 0.2) is 5.17 Å². The van der Waals surface area contributed by atoms with Gasteiger partial charge < -0.3 is 15.8 Å². The fourth-order valence-electron chi connectivity index (χ4n) is 4.06. The van der Waals surface area contributed by atoms with Crippen molar-refractivity contribution in [2.24, 2.45) is 16.6 Å². The number of hydrogen-bond acceptors (Lipinski definition) is 6. The van der Waals surface area contributed by atoms with Crippen molar-refractivity contribution in [1.82, 2.24) is 4.98 Å². The van der Waals surface area contributed by atoms with E-state index < -0.39 is 5.54 Å². The number of thioether (sulfide) groups is 1. The standard InChI is InChI=1S/C20H21FN4O2S/c1-27-14-8-12-11-28-19(22)25-20(12,10-14)15-9-13(5-6-16(15)21)24-18(26)17-4-2-3-7-23-17/h2-7,9,12,14H,8,10-11H2,1H3,(H2,22,25)(H,24,26). The van der Waals surface area contributed by atoms with Crippen LogP contribution in [0.4, 0.5) is 10.1 Å². The maximum atomic E-state index is 14.9. The topological polar surface area (TPSA) is 89.6 Å². The molecule has 3 N–H and O–H groups in total. The molecule has 3 unspecified atom stereocenters. The van der Waals surface area contributed by atoms with Crippen LogP contribution in [0.15, 0.2) is 47.6 Å². The first-order chi connectivity index (χ1) is 13.5. The number of anilines is 1. The second kappa shape index (κ2) is 7.52. The number of aliphatic imine (C=N–C) groups is 1. The van der Waals surface area contributed by atoms with Crippen LogP contribution in [-0.4, -0.2) is 35.0 Å². The number of nitrogens with zero attached hydrogens (tertiary/aromatic N) is 2. The van der Waals surface area contributed by atoms with E-state index in [1.807, 2.05) is 0 Å². The number of amidine groups is 1. The first kappa shape index (κ1) is 18.9. The van der Waals surface area contributed by atoms with Crippen LogP contribution in [0.2, 0.25) is 0 Å². The molecule has 1 saturated carbocycles. The highest BCUT2D eigenvalue weighted by molar-refractivity contribution is 8.13. The second-order valence-electron chi connectivity index (χ2n) is 7.04. The van der Waals surface area contributed by atoms with Gasteiger partial charge in [-0.25, -0.2) is 4.39 Å². The summed E-state index contributed by atoms with van der Waals surface area (Å²) in [7, 11) is 1.66. The zero-order chi connectivity index (χ0) is 19.7. The summed E-state index contributed by atoms with van der Waals surface area (Å²) < 4.78 is 20.5. The Morgan fingerprint density at radius 1 is 1.39 bits per heavy atom. The van der Waals surface area contributed by atoms with Gasteiger partial charge in [-0.1, -0.05) is 17.8 Å². The number of aromatic nitrogens is 1. The van der Waals surface area contributed by atoms with E-state index in [2.05, 4.69) is 10.3 Å². The lowest BCUT2D eigenvalue weighted by Crippen LogP contribution is -2.37. The van der Waals surface area contributed by atoms with Gasteiger partial charge in [-0.05, 0) is 36.8 Å². The molecule has 1 aromatic carbocycles. The summed E-state index contributed by atoms with van der Waals surface area (Å²) in [5.41, 5.74) is 6.47. The molecule has 2 heterocycles. The number of carbonyl (C=O) groups is 1. The number of nitrogens with one attached hydrogen (secondary N) is 1. The van der Waals surface area contributed by atoms with Crippen molar-refractivity contribution in [3.05, 3.63) is 59.7 Å². The second-order valence-corrected chi connectivity index (χ2v) is 8.08. The smallest absolute Gasteiger partial charge is 0.274 e. The third-order valence-electron chi connectivity index (χ3n) is 5.43. The van der Waals surface area contributed by atoms with Crippen LogP contribution in [0.3, 0.4) is 0 Å². The van der Waals surface area contributed by atoms with E-state index in [1.165, 1.54) is 17.8 Å². The van der Waals surface area contributed by atoms with Gasteiger partial charge in [0, 0.05) is 42.6 Å². The number of amides is 1. The minimum absolute atomic E-state index is 0.00795. The van der Waals surface area contributed by atoms with Crippen LogP contribution in [0.25, 0.3) is 0 Å². The van der Waals surface area contributed by atoms with Crippen LogP contribution < -0.4 is 11.1 Å². The number of carbonyl (C=O) groups excluding carboxylic acids is 1. The van der Waals surface area contributed by atoms with Gasteiger partial charge in [0.25, 0.3) is 5.91 Å². The Morgan fingerprint density at radius 2 is 2.25 bits per heavy atom. The summed E-state index contributed by atoms with van der Waals surface area (Å²) in [5.74, 6) is 0.168. The molecule has 2 aliphatic rings. The van der Waals surface area contributed by atoms with E-state index >= 15 is 0 Å². The highest BCUT2D eigenvalue weighted by Crippen LogP contribution is 2.52. The lowest BCUT2D eigenvalue weighted by molar-refractivity contribution is 0.101. The highest BCUT2D eigenvalue weighted by Gasteiger charge is 2.52. The van der Waals surface area contributed by atoms with Crippen LogP contribution >= 0.6 is 11.8 Å². The average Bonchev–Trinajstić information content (AvgIpc) is 3.09. The Labute approximate surface area is 166 Å². The van der Waals surface area contributed by atoms with Gasteiger partial charge in [-0.15, -0.1) is 0 Å². The summed E-state index contributed by atoms with van der Waals surface area (Å²) in [6, 6.07) is 9.66. The lowest BCUT2D eigenvalue weighted by Gasteiger charge is -2.36. The van der Waals surface area contributed by atoms with Crippen molar-refractivity contribution >= 4 is 28.5 Å². The van der Waals surface area contributed by atoms with Gasteiger partial charge in [-0.3, -0.25) is 14.8 Å². The number of hydrogen-bond donors (Lipinski definition) is 2. The summed E-state index contributed by atoms with van der Waals surface area (Å²) >= 11 is 1.49. The van der Waals surface area contributed by atoms with Crippen molar-refractivity contribution in [3.63, 3.8) is 0 Å². The molecule has 0 bridgehead atoms. The van der Waals surface area contributed by atoms with E-state index in [-0.39, 0.29) is 23.7 Å². The zero-order valence-corrected chi connectivity index (χ0v) is 16.2. The van der Waals surface area contributed by atoms with Gasteiger partial charge in [-0.2, -0.15) is 0 Å². The fourth-order valence-corrected chi connectivity index (χ4v) is 5.07. The molecule has 6 nitrogen and oxygen atoms in total. The quantitative estimate of drug-likeness (QED) is 0.823. The minimum atomic E-state index is -0.772. The minimum Gasteiger partial charge on any atom is -0.381 e. The molecule has 28 heavy (non-hydrogen) atoms. The molecule has 1 aromatic heterocycles. The van der Waals surface area contributed by atoms with E-state index in [0.29, 0.717) is 28.5 Å². The summed E-state index contributed by atoms with van der Waals surface area (Å²) in [4.78, 5) is 21.2. The predicted molar refractivity (Wildman–Crippen MR) is 108 cm³/mol. The first-order valence-corrected chi connectivity index (χ1v) is 10.0. The number of nitrogens with two attached hydrogens (primary N) is 1. The van der Waals surface area contributed by atoms with Gasteiger partial charge in [0.2, 0.25) is 0 Å². The highest BCUT2D eigenvalue weighted by atomic mass is 32.2. The number of pyridine rings is 1. The Morgan fingerprint density at radius 3 is 3.00 bits per heavy atom. The number of rotatable bonds is 4. The molecule has 8 heteroatoms. The number of benzene rings is 1. The van der Waals surface area contributed by atoms with Crippen LogP contribution in [0.5, 0.6) is 0 Å². The molecule has 0 radical (unpaired) electrons. The van der Waals surface area contributed by atoms with E-state index in [4.69, 9.17) is 15.5 Å². The van der Waals surface area contributed by atoms with E-state index in [9.17, 15) is 9.18 Å².